The molecule has 0 aliphatic carbocycles. The molecule has 1 amide bonds. The summed E-state index contributed by atoms with van der Waals surface area (Å²) in [6.07, 6.45) is 5.28. The molecule has 124 valence electrons. The molecule has 0 aromatic rings. The summed E-state index contributed by atoms with van der Waals surface area (Å²) >= 11 is 1.56. The molecule has 0 aromatic heterocycles. The van der Waals surface area contributed by atoms with Crippen molar-refractivity contribution in [1.82, 2.24) is 5.32 Å². The first-order valence-corrected chi connectivity index (χ1v) is 8.71. The second-order valence-electron chi connectivity index (χ2n) is 6.03. The highest BCUT2D eigenvalue weighted by atomic mass is 32.2. The van der Waals surface area contributed by atoms with E-state index >= 15 is 0 Å². The van der Waals surface area contributed by atoms with Gasteiger partial charge >= 0.3 is 12.1 Å². The molecule has 2 N–H and O–H groups in total. The van der Waals surface area contributed by atoms with Gasteiger partial charge in [-0.05, 0) is 32.9 Å². The third-order valence-electron chi connectivity index (χ3n) is 2.67. The van der Waals surface area contributed by atoms with Crippen molar-refractivity contribution in [3.8, 4) is 0 Å². The van der Waals surface area contributed by atoms with E-state index in [-0.39, 0.29) is 0 Å². The number of nitrogens with one attached hydrogen (secondary N) is 1. The number of carboxylic acid groups (broad SMARTS) is 1. The maximum absolute atomic E-state index is 11.6. The molecule has 0 saturated carbocycles. The van der Waals surface area contributed by atoms with Crippen LogP contribution in [0.5, 0.6) is 0 Å². The van der Waals surface area contributed by atoms with E-state index in [2.05, 4.69) is 12.2 Å². The molecule has 0 saturated heterocycles. The molecule has 0 radical (unpaired) electrons. The molecule has 0 heterocycles. The molecular weight excluding hydrogens is 290 g/mol. The van der Waals surface area contributed by atoms with Gasteiger partial charge in [0.1, 0.15) is 11.6 Å². The van der Waals surface area contributed by atoms with Gasteiger partial charge in [-0.3, -0.25) is 0 Å². The number of amides is 1. The number of rotatable bonds is 10. The van der Waals surface area contributed by atoms with E-state index in [0.29, 0.717) is 5.75 Å². The predicted octanol–water partition coefficient (Wildman–Crippen LogP) is 3.67. The maximum Gasteiger partial charge on any atom is 0.408 e. The fourth-order valence-corrected chi connectivity index (χ4v) is 2.67. The largest absolute Gasteiger partial charge is 0.480 e. The van der Waals surface area contributed by atoms with Gasteiger partial charge in [-0.2, -0.15) is 11.8 Å². The second-order valence-corrected chi connectivity index (χ2v) is 7.18. The number of carboxylic acids is 1. The van der Waals surface area contributed by atoms with Gasteiger partial charge in [0.15, 0.2) is 0 Å². The van der Waals surface area contributed by atoms with E-state index in [1.807, 2.05) is 0 Å². The summed E-state index contributed by atoms with van der Waals surface area (Å²) in [6.45, 7) is 7.41. The molecule has 6 heteroatoms. The topological polar surface area (TPSA) is 75.6 Å². The number of unbranched alkanes of at least 4 members (excludes halogenated alkanes) is 4. The Morgan fingerprint density at radius 3 is 2.33 bits per heavy atom. The quantitative estimate of drug-likeness (QED) is 0.601. The van der Waals surface area contributed by atoms with Crippen molar-refractivity contribution in [2.45, 2.75) is 71.4 Å². The van der Waals surface area contributed by atoms with Gasteiger partial charge in [0.2, 0.25) is 0 Å². The number of carbonyl (C=O) groups excluding carboxylic acids is 1. The molecule has 1 unspecified atom stereocenters. The Balaban J connectivity index is 3.93. The highest BCUT2D eigenvalue weighted by Gasteiger charge is 2.23. The molecule has 0 aliphatic heterocycles. The molecule has 0 aliphatic rings. The van der Waals surface area contributed by atoms with Gasteiger partial charge in [-0.15, -0.1) is 0 Å². The minimum Gasteiger partial charge on any atom is -0.480 e. The van der Waals surface area contributed by atoms with Crippen molar-refractivity contribution in [3.63, 3.8) is 0 Å². The van der Waals surface area contributed by atoms with Crippen LogP contribution in [0.4, 0.5) is 4.79 Å². The second kappa shape index (κ2) is 10.8. The standard InChI is InChI=1S/C15H29NO4S/c1-5-6-7-8-9-10-21-11-12(13(17)18)16-14(19)20-15(2,3)4/h12H,5-11H2,1-4H3,(H,16,19)(H,17,18). The van der Waals surface area contributed by atoms with Crippen LogP contribution < -0.4 is 5.32 Å². The molecule has 0 spiro atoms. The normalized spacial score (nSPS) is 12.8. The maximum atomic E-state index is 11.6. The smallest absolute Gasteiger partial charge is 0.408 e. The first-order chi connectivity index (χ1) is 9.76. The molecule has 0 bridgehead atoms. The summed E-state index contributed by atoms with van der Waals surface area (Å²) in [5, 5.41) is 11.5. The van der Waals surface area contributed by atoms with E-state index in [1.165, 1.54) is 25.7 Å². The minimum atomic E-state index is -1.03. The lowest BCUT2D eigenvalue weighted by atomic mass is 10.2. The lowest BCUT2D eigenvalue weighted by Crippen LogP contribution is -2.45. The van der Waals surface area contributed by atoms with E-state index in [4.69, 9.17) is 9.84 Å². The van der Waals surface area contributed by atoms with Crippen LogP contribution in [-0.2, 0) is 9.53 Å². The number of ether oxygens (including phenoxy) is 1. The van der Waals surface area contributed by atoms with Crippen LogP contribution >= 0.6 is 11.8 Å². The minimum absolute atomic E-state index is 0.363. The average molecular weight is 319 g/mol. The summed E-state index contributed by atoms with van der Waals surface area (Å²) in [5.74, 6) is 0.255. The number of alkyl carbamates (subject to hydrolysis) is 1. The Bertz CT molecular complexity index is 315. The fourth-order valence-electron chi connectivity index (χ4n) is 1.63. The Morgan fingerprint density at radius 2 is 1.81 bits per heavy atom. The molecule has 21 heavy (non-hydrogen) atoms. The van der Waals surface area contributed by atoms with Crippen molar-refractivity contribution < 1.29 is 19.4 Å². The zero-order valence-electron chi connectivity index (χ0n) is 13.6. The third kappa shape index (κ3) is 12.5. The molecule has 5 nitrogen and oxygen atoms in total. The van der Waals surface area contributed by atoms with E-state index in [9.17, 15) is 9.59 Å². The molecule has 0 rings (SSSR count). The van der Waals surface area contributed by atoms with Gasteiger partial charge in [-0.1, -0.05) is 32.6 Å². The SMILES string of the molecule is CCCCCCCSCC(NC(=O)OC(C)(C)C)C(=O)O. The van der Waals surface area contributed by atoms with Gasteiger partial charge in [0.05, 0.1) is 0 Å². The lowest BCUT2D eigenvalue weighted by Gasteiger charge is -2.21. The van der Waals surface area contributed by atoms with Crippen LogP contribution in [0.1, 0.15) is 59.8 Å². The van der Waals surface area contributed by atoms with Gasteiger partial charge < -0.3 is 15.2 Å². The third-order valence-corrected chi connectivity index (χ3v) is 3.81. The van der Waals surface area contributed by atoms with Crippen LogP contribution in [0.25, 0.3) is 0 Å². The van der Waals surface area contributed by atoms with Crippen molar-refractivity contribution in [3.05, 3.63) is 0 Å². The summed E-state index contributed by atoms with van der Waals surface area (Å²) < 4.78 is 5.07. The Morgan fingerprint density at radius 1 is 1.19 bits per heavy atom. The van der Waals surface area contributed by atoms with Crippen LogP contribution in [-0.4, -0.2) is 40.3 Å². The van der Waals surface area contributed by atoms with Crippen molar-refractivity contribution in [2.75, 3.05) is 11.5 Å². The number of hydrogen-bond donors (Lipinski definition) is 2. The van der Waals surface area contributed by atoms with Crippen LogP contribution in [0.15, 0.2) is 0 Å². The summed E-state index contributed by atoms with van der Waals surface area (Å²) in [4.78, 5) is 22.7. The van der Waals surface area contributed by atoms with Gasteiger partial charge in [0, 0.05) is 5.75 Å². The Labute approximate surface area is 132 Å². The van der Waals surface area contributed by atoms with Crippen LogP contribution in [0.3, 0.4) is 0 Å². The van der Waals surface area contributed by atoms with E-state index in [1.54, 1.807) is 32.5 Å². The average Bonchev–Trinajstić information content (AvgIpc) is 2.33. The molecular formula is C15H29NO4S. The predicted molar refractivity (Wildman–Crippen MR) is 86.9 cm³/mol. The van der Waals surface area contributed by atoms with Crippen molar-refractivity contribution in [1.29, 1.82) is 0 Å². The highest BCUT2D eigenvalue weighted by molar-refractivity contribution is 7.99. The van der Waals surface area contributed by atoms with Crippen LogP contribution in [0.2, 0.25) is 0 Å². The van der Waals surface area contributed by atoms with Crippen molar-refractivity contribution >= 4 is 23.8 Å². The lowest BCUT2D eigenvalue weighted by molar-refractivity contribution is -0.138. The Hall–Kier alpha value is -0.910. The number of thioether (sulfide) groups is 1. The zero-order chi connectivity index (χ0) is 16.3. The Kier molecular flexibility index (Phi) is 10.3. The molecule has 0 aromatic carbocycles. The summed E-state index contributed by atoms with van der Waals surface area (Å²) in [7, 11) is 0. The van der Waals surface area contributed by atoms with Gasteiger partial charge in [0.25, 0.3) is 0 Å². The first kappa shape index (κ1) is 20.1. The van der Waals surface area contributed by atoms with Gasteiger partial charge in [-0.25, -0.2) is 9.59 Å². The number of aliphatic carboxylic acids is 1. The fraction of sp³-hybridized carbons (Fsp3) is 0.867. The van der Waals surface area contributed by atoms with Crippen LogP contribution in [0, 0.1) is 0 Å². The van der Waals surface area contributed by atoms with E-state index < -0.39 is 23.7 Å². The highest BCUT2D eigenvalue weighted by Crippen LogP contribution is 2.11. The van der Waals surface area contributed by atoms with Crippen molar-refractivity contribution in [2.24, 2.45) is 0 Å². The first-order valence-electron chi connectivity index (χ1n) is 7.56. The molecule has 0 fully saturated rings. The summed E-state index contributed by atoms with van der Waals surface area (Å²) in [6, 6.07) is -0.902. The monoisotopic (exact) mass is 319 g/mol. The zero-order valence-corrected chi connectivity index (χ0v) is 14.4. The van der Waals surface area contributed by atoms with E-state index in [0.717, 1.165) is 12.2 Å². The number of carbonyl (C=O) groups is 2. The summed E-state index contributed by atoms with van der Waals surface area (Å²) in [5.41, 5.74) is -0.625. The molecule has 1 atom stereocenters. The number of hydrogen-bond acceptors (Lipinski definition) is 4.